The Bertz CT molecular complexity index is 1170. The summed E-state index contributed by atoms with van der Waals surface area (Å²) in [6.45, 7) is 4.98. The molecular weight excluding hydrogens is 452 g/mol. The van der Waals surface area contributed by atoms with Crippen LogP contribution >= 0.6 is 0 Å². The molecule has 3 nitrogen and oxygen atoms in total. The Labute approximate surface area is 222 Å². The Kier molecular flexibility index (Phi) is 8.15. The van der Waals surface area contributed by atoms with Crippen molar-refractivity contribution in [3.63, 3.8) is 0 Å². The number of benzene rings is 4. The maximum absolute atomic E-state index is 12.0. The molecule has 1 saturated heterocycles. The van der Waals surface area contributed by atoms with Crippen LogP contribution in [0.3, 0.4) is 0 Å². The SMILES string of the molecule is CN(CCC(O)(c1ccccc1)c1ccccc1)CC1CN(Cc2ccccc2)C[C@@H]1c1ccccc1. The first-order chi connectivity index (χ1) is 18.1. The largest absolute Gasteiger partial charge is 0.380 e. The first-order valence-corrected chi connectivity index (χ1v) is 13.4. The molecule has 4 aromatic carbocycles. The molecule has 0 radical (unpaired) electrons. The number of likely N-dealkylation sites (tertiary alicyclic amines) is 1. The van der Waals surface area contributed by atoms with Crippen molar-refractivity contribution < 1.29 is 5.11 Å². The summed E-state index contributed by atoms with van der Waals surface area (Å²) in [7, 11) is 2.21. The molecule has 0 bridgehead atoms. The lowest BCUT2D eigenvalue weighted by Gasteiger charge is -2.32. The van der Waals surface area contributed by atoms with E-state index in [0.29, 0.717) is 18.3 Å². The Morgan fingerprint density at radius 3 is 1.81 bits per heavy atom. The Morgan fingerprint density at radius 1 is 0.730 bits per heavy atom. The zero-order valence-corrected chi connectivity index (χ0v) is 21.8. The first-order valence-electron chi connectivity index (χ1n) is 13.4. The molecule has 1 aliphatic heterocycles. The van der Waals surface area contributed by atoms with Gasteiger partial charge in [0.15, 0.2) is 0 Å². The van der Waals surface area contributed by atoms with E-state index in [2.05, 4.69) is 77.5 Å². The van der Waals surface area contributed by atoms with E-state index in [-0.39, 0.29) is 0 Å². The smallest absolute Gasteiger partial charge is 0.116 e. The van der Waals surface area contributed by atoms with Gasteiger partial charge in [0.2, 0.25) is 0 Å². The zero-order valence-electron chi connectivity index (χ0n) is 21.8. The summed E-state index contributed by atoms with van der Waals surface area (Å²) >= 11 is 0. The summed E-state index contributed by atoms with van der Waals surface area (Å²) in [6.07, 6.45) is 0.647. The average molecular weight is 491 g/mol. The molecule has 1 N–H and O–H groups in total. The van der Waals surface area contributed by atoms with Gasteiger partial charge in [-0.3, -0.25) is 4.90 Å². The molecule has 0 aliphatic carbocycles. The van der Waals surface area contributed by atoms with Crippen molar-refractivity contribution >= 4 is 0 Å². The second-order valence-electron chi connectivity index (χ2n) is 10.6. The van der Waals surface area contributed by atoms with Gasteiger partial charge in [0.25, 0.3) is 0 Å². The molecule has 1 unspecified atom stereocenters. The van der Waals surface area contributed by atoms with E-state index < -0.39 is 5.60 Å². The molecule has 2 atom stereocenters. The zero-order chi connectivity index (χ0) is 25.5. The monoisotopic (exact) mass is 490 g/mol. The quantitative estimate of drug-likeness (QED) is 0.288. The van der Waals surface area contributed by atoms with Crippen molar-refractivity contribution in [3.8, 4) is 0 Å². The molecule has 0 aromatic heterocycles. The molecule has 5 rings (SSSR count). The minimum Gasteiger partial charge on any atom is -0.380 e. The van der Waals surface area contributed by atoms with E-state index >= 15 is 0 Å². The molecule has 1 heterocycles. The van der Waals surface area contributed by atoms with Crippen LogP contribution in [0.1, 0.15) is 34.6 Å². The highest BCUT2D eigenvalue weighted by Crippen LogP contribution is 2.36. The second kappa shape index (κ2) is 11.9. The Balaban J connectivity index is 1.29. The van der Waals surface area contributed by atoms with Gasteiger partial charge in [-0.05, 0) is 41.6 Å². The lowest BCUT2D eigenvalue weighted by molar-refractivity contribution is 0.0585. The van der Waals surface area contributed by atoms with Gasteiger partial charge in [0, 0.05) is 38.6 Å². The third kappa shape index (κ3) is 6.19. The highest BCUT2D eigenvalue weighted by Gasteiger charge is 2.35. The van der Waals surface area contributed by atoms with E-state index in [4.69, 9.17) is 0 Å². The Morgan fingerprint density at radius 2 is 1.24 bits per heavy atom. The van der Waals surface area contributed by atoms with Crippen molar-refractivity contribution in [1.82, 2.24) is 9.80 Å². The van der Waals surface area contributed by atoms with Crippen LogP contribution in [0.15, 0.2) is 121 Å². The van der Waals surface area contributed by atoms with Gasteiger partial charge in [-0.15, -0.1) is 0 Å². The topological polar surface area (TPSA) is 26.7 Å². The van der Waals surface area contributed by atoms with Gasteiger partial charge < -0.3 is 10.0 Å². The predicted octanol–water partition coefficient (Wildman–Crippen LogP) is 6.16. The number of hydrogen-bond acceptors (Lipinski definition) is 3. The summed E-state index contributed by atoms with van der Waals surface area (Å²) in [5.74, 6) is 1.05. The lowest BCUT2D eigenvalue weighted by Crippen LogP contribution is -2.36. The minimum atomic E-state index is -1.01. The number of rotatable bonds is 10. The van der Waals surface area contributed by atoms with Crippen LogP contribution in [0.2, 0.25) is 0 Å². The third-order valence-corrected chi connectivity index (χ3v) is 7.90. The average Bonchev–Trinajstić information content (AvgIpc) is 3.35. The maximum atomic E-state index is 12.0. The van der Waals surface area contributed by atoms with E-state index in [1.165, 1.54) is 11.1 Å². The summed E-state index contributed by atoms with van der Waals surface area (Å²) < 4.78 is 0. The van der Waals surface area contributed by atoms with Gasteiger partial charge in [-0.2, -0.15) is 0 Å². The predicted molar refractivity (Wildman–Crippen MR) is 152 cm³/mol. The molecule has 1 aliphatic rings. The molecular formula is C34H38N2O. The molecule has 37 heavy (non-hydrogen) atoms. The normalized spacial score (nSPS) is 18.4. The Hall–Kier alpha value is -3.24. The summed E-state index contributed by atoms with van der Waals surface area (Å²) in [4.78, 5) is 5.03. The van der Waals surface area contributed by atoms with E-state index in [1.807, 2.05) is 60.7 Å². The second-order valence-corrected chi connectivity index (χ2v) is 10.6. The highest BCUT2D eigenvalue weighted by atomic mass is 16.3. The van der Waals surface area contributed by atoms with Gasteiger partial charge in [0.1, 0.15) is 5.60 Å². The fourth-order valence-corrected chi connectivity index (χ4v) is 5.92. The summed E-state index contributed by atoms with van der Waals surface area (Å²) in [6, 6.07) is 42.0. The van der Waals surface area contributed by atoms with E-state index in [1.54, 1.807) is 0 Å². The van der Waals surface area contributed by atoms with Gasteiger partial charge in [0.05, 0.1) is 0 Å². The van der Waals surface area contributed by atoms with Gasteiger partial charge >= 0.3 is 0 Å². The van der Waals surface area contributed by atoms with Crippen molar-refractivity contribution in [1.29, 1.82) is 0 Å². The van der Waals surface area contributed by atoms with E-state index in [9.17, 15) is 5.11 Å². The van der Waals surface area contributed by atoms with Crippen molar-refractivity contribution in [2.45, 2.75) is 24.5 Å². The van der Waals surface area contributed by atoms with Crippen LogP contribution in [-0.2, 0) is 12.1 Å². The van der Waals surface area contributed by atoms with Crippen LogP contribution in [0.4, 0.5) is 0 Å². The molecule has 190 valence electrons. The van der Waals surface area contributed by atoms with Gasteiger partial charge in [-0.25, -0.2) is 0 Å². The van der Waals surface area contributed by atoms with Crippen LogP contribution in [0.25, 0.3) is 0 Å². The van der Waals surface area contributed by atoms with Crippen LogP contribution in [0.5, 0.6) is 0 Å². The van der Waals surface area contributed by atoms with Crippen LogP contribution < -0.4 is 0 Å². The van der Waals surface area contributed by atoms with Crippen molar-refractivity contribution in [2.24, 2.45) is 5.92 Å². The number of aliphatic hydroxyl groups is 1. The molecule has 1 fully saturated rings. The lowest BCUT2D eigenvalue weighted by atomic mass is 9.83. The van der Waals surface area contributed by atoms with E-state index in [0.717, 1.165) is 43.9 Å². The highest BCUT2D eigenvalue weighted by molar-refractivity contribution is 5.36. The molecule has 0 saturated carbocycles. The van der Waals surface area contributed by atoms with Crippen molar-refractivity contribution in [2.75, 3.05) is 33.2 Å². The van der Waals surface area contributed by atoms with Crippen LogP contribution in [0, 0.1) is 5.92 Å². The molecule has 4 aromatic rings. The standard InChI is InChI=1S/C34H38N2O/c1-35(23-22-34(37,31-18-10-4-11-19-31)32-20-12-5-13-21-32)25-30-26-36(24-28-14-6-2-7-15-28)27-33(30)29-16-8-3-9-17-29/h2-21,30,33,37H,22-27H2,1H3/t30?,33-/m1/s1. The maximum Gasteiger partial charge on any atom is 0.116 e. The summed E-state index contributed by atoms with van der Waals surface area (Å²) in [5, 5.41) is 12.0. The fraction of sp³-hybridized carbons (Fsp3) is 0.294. The van der Waals surface area contributed by atoms with Crippen molar-refractivity contribution in [3.05, 3.63) is 144 Å². The van der Waals surface area contributed by atoms with Gasteiger partial charge in [-0.1, -0.05) is 121 Å². The molecule has 0 spiro atoms. The minimum absolute atomic E-state index is 0.509. The fourth-order valence-electron chi connectivity index (χ4n) is 5.92. The van der Waals surface area contributed by atoms with Crippen LogP contribution in [-0.4, -0.2) is 48.1 Å². The molecule has 0 amide bonds. The molecule has 3 heteroatoms. The number of hydrogen-bond donors (Lipinski definition) is 1. The number of nitrogens with zero attached hydrogens (tertiary/aromatic N) is 2. The third-order valence-electron chi connectivity index (χ3n) is 7.90. The summed E-state index contributed by atoms with van der Waals surface area (Å²) in [5.41, 5.74) is 3.70. The first kappa shape index (κ1) is 25.4.